The Kier molecular flexibility index (Phi) is 6.67. The van der Waals surface area contributed by atoms with E-state index in [0.29, 0.717) is 19.3 Å². The number of amides is 2. The lowest BCUT2D eigenvalue weighted by molar-refractivity contribution is -0.152. The van der Waals surface area contributed by atoms with E-state index in [1.807, 2.05) is 31.2 Å². The van der Waals surface area contributed by atoms with Crippen LogP contribution in [-0.2, 0) is 14.3 Å². The van der Waals surface area contributed by atoms with E-state index in [-0.39, 0.29) is 25.0 Å². The van der Waals surface area contributed by atoms with Crippen LogP contribution >= 0.6 is 0 Å². The third-order valence-electron chi connectivity index (χ3n) is 6.82. The van der Waals surface area contributed by atoms with Gasteiger partial charge in [-0.2, -0.15) is 0 Å². The molecule has 33 heavy (non-hydrogen) atoms. The molecule has 174 valence electrons. The molecule has 4 rings (SSSR count). The molecule has 0 bridgehead atoms. The average molecular weight is 451 g/mol. The van der Waals surface area contributed by atoms with Gasteiger partial charge in [0.2, 0.25) is 5.91 Å². The normalized spacial score (nSPS) is 16.6. The fraction of sp³-hybridized carbons (Fsp3) is 0.423. The van der Waals surface area contributed by atoms with Crippen LogP contribution in [0.5, 0.6) is 0 Å². The molecular weight excluding hydrogens is 420 g/mol. The van der Waals surface area contributed by atoms with Crippen molar-refractivity contribution in [3.63, 3.8) is 0 Å². The van der Waals surface area contributed by atoms with E-state index >= 15 is 0 Å². The smallest absolute Gasteiger partial charge is 0.407 e. The molecule has 0 spiro atoms. The Balaban J connectivity index is 1.34. The molecule has 0 radical (unpaired) electrons. The predicted octanol–water partition coefficient (Wildman–Crippen LogP) is 4.06. The molecule has 3 N–H and O–H groups in total. The van der Waals surface area contributed by atoms with Crippen molar-refractivity contribution in [3.05, 3.63) is 59.7 Å². The number of carboxylic acids is 1. The largest absolute Gasteiger partial charge is 0.480 e. The van der Waals surface area contributed by atoms with Crippen molar-refractivity contribution in [2.24, 2.45) is 5.92 Å². The van der Waals surface area contributed by atoms with Crippen LogP contribution in [-0.4, -0.2) is 41.8 Å². The number of carbonyl (C=O) groups excluding carboxylic acids is 2. The van der Waals surface area contributed by atoms with Gasteiger partial charge in [-0.1, -0.05) is 61.9 Å². The van der Waals surface area contributed by atoms with Gasteiger partial charge in [0.15, 0.2) is 0 Å². The molecule has 0 aromatic heterocycles. The zero-order chi connectivity index (χ0) is 23.4. The molecule has 0 saturated heterocycles. The lowest BCUT2D eigenvalue weighted by atomic mass is 9.76. The molecule has 2 aromatic carbocycles. The SMILES string of the molecule is CCCC(CNC(=O)OCC1c2ccccc2-c2ccccc21)C(=O)NC1(C(=O)O)CCC1. The fourth-order valence-corrected chi connectivity index (χ4v) is 4.79. The van der Waals surface area contributed by atoms with Crippen molar-refractivity contribution in [2.75, 3.05) is 13.2 Å². The molecule has 7 heteroatoms. The van der Waals surface area contributed by atoms with Crippen LogP contribution in [0.4, 0.5) is 4.79 Å². The van der Waals surface area contributed by atoms with E-state index in [1.165, 1.54) is 0 Å². The summed E-state index contributed by atoms with van der Waals surface area (Å²) in [5.74, 6) is -1.88. The number of nitrogens with one attached hydrogen (secondary N) is 2. The summed E-state index contributed by atoms with van der Waals surface area (Å²) in [5.41, 5.74) is 3.42. The van der Waals surface area contributed by atoms with Gasteiger partial charge in [-0.25, -0.2) is 9.59 Å². The second-order valence-electron chi connectivity index (χ2n) is 8.92. The highest BCUT2D eigenvalue weighted by molar-refractivity contribution is 5.89. The Bertz CT molecular complexity index is 1000. The Morgan fingerprint density at radius 2 is 1.67 bits per heavy atom. The Morgan fingerprint density at radius 3 is 2.18 bits per heavy atom. The van der Waals surface area contributed by atoms with E-state index in [4.69, 9.17) is 4.74 Å². The summed E-state index contributed by atoms with van der Waals surface area (Å²) in [4.78, 5) is 36.8. The zero-order valence-corrected chi connectivity index (χ0v) is 18.8. The number of fused-ring (bicyclic) bond motifs is 3. The van der Waals surface area contributed by atoms with Crippen LogP contribution in [0.1, 0.15) is 56.1 Å². The lowest BCUT2D eigenvalue weighted by Gasteiger charge is -2.39. The second-order valence-corrected chi connectivity index (χ2v) is 8.92. The number of aliphatic carboxylic acids is 1. The summed E-state index contributed by atoms with van der Waals surface area (Å²) in [5, 5.41) is 14.9. The lowest BCUT2D eigenvalue weighted by Crippen LogP contribution is -2.60. The van der Waals surface area contributed by atoms with Crippen molar-refractivity contribution in [3.8, 4) is 11.1 Å². The summed E-state index contributed by atoms with van der Waals surface area (Å²) in [6.45, 7) is 2.25. The minimum absolute atomic E-state index is 0.0353. The standard InChI is InChI=1S/C26H30N2O5/c1-2-8-17(23(29)28-26(24(30)31)13-7-14-26)15-27-25(32)33-16-22-20-11-5-3-9-18(20)19-10-4-6-12-21(19)22/h3-6,9-12,17,22H,2,7-8,13-16H2,1H3,(H,27,32)(H,28,29)(H,30,31). The number of ether oxygens (including phenoxy) is 1. The van der Waals surface area contributed by atoms with Crippen molar-refractivity contribution < 1.29 is 24.2 Å². The summed E-state index contributed by atoms with van der Waals surface area (Å²) in [6, 6.07) is 16.2. The van der Waals surface area contributed by atoms with Gasteiger partial charge in [-0.3, -0.25) is 4.79 Å². The van der Waals surface area contributed by atoms with Crippen molar-refractivity contribution in [1.29, 1.82) is 0 Å². The van der Waals surface area contributed by atoms with Crippen LogP contribution in [0.3, 0.4) is 0 Å². The average Bonchev–Trinajstić information content (AvgIpc) is 3.11. The molecule has 0 aliphatic heterocycles. The maximum atomic E-state index is 12.7. The monoisotopic (exact) mass is 450 g/mol. The van der Waals surface area contributed by atoms with Gasteiger partial charge in [0, 0.05) is 12.5 Å². The fourth-order valence-electron chi connectivity index (χ4n) is 4.79. The van der Waals surface area contributed by atoms with Crippen LogP contribution < -0.4 is 10.6 Å². The van der Waals surface area contributed by atoms with Gasteiger partial charge < -0.3 is 20.5 Å². The Hall–Kier alpha value is -3.35. The number of alkyl carbamates (subject to hydrolysis) is 1. The third kappa shape index (κ3) is 4.58. The number of benzene rings is 2. The predicted molar refractivity (Wildman–Crippen MR) is 124 cm³/mol. The molecule has 0 heterocycles. The summed E-state index contributed by atoms with van der Waals surface area (Å²) in [6.07, 6.45) is 2.36. The van der Waals surface area contributed by atoms with Crippen molar-refractivity contribution in [2.45, 2.75) is 50.5 Å². The van der Waals surface area contributed by atoms with Crippen molar-refractivity contribution in [1.82, 2.24) is 10.6 Å². The molecule has 1 atom stereocenters. The molecule has 1 unspecified atom stereocenters. The third-order valence-corrected chi connectivity index (χ3v) is 6.82. The number of carboxylic acid groups (broad SMARTS) is 1. The first-order valence-electron chi connectivity index (χ1n) is 11.6. The zero-order valence-electron chi connectivity index (χ0n) is 18.8. The first kappa shape index (κ1) is 22.8. The molecule has 2 aromatic rings. The highest BCUT2D eigenvalue weighted by Crippen LogP contribution is 2.44. The molecular formula is C26H30N2O5. The van der Waals surface area contributed by atoms with Gasteiger partial charge >= 0.3 is 12.1 Å². The number of hydrogen-bond donors (Lipinski definition) is 3. The van der Waals surface area contributed by atoms with Crippen LogP contribution in [0, 0.1) is 5.92 Å². The Morgan fingerprint density at radius 1 is 1.06 bits per heavy atom. The molecule has 1 fully saturated rings. The number of rotatable bonds is 9. The second kappa shape index (κ2) is 9.65. The minimum Gasteiger partial charge on any atom is -0.480 e. The highest BCUT2D eigenvalue weighted by atomic mass is 16.5. The Labute approximate surface area is 193 Å². The van der Waals surface area contributed by atoms with Gasteiger partial charge in [0.1, 0.15) is 12.1 Å². The van der Waals surface area contributed by atoms with Gasteiger partial charge in [0.05, 0.1) is 5.92 Å². The molecule has 2 aliphatic carbocycles. The number of hydrogen-bond acceptors (Lipinski definition) is 4. The van der Waals surface area contributed by atoms with Crippen LogP contribution in [0.15, 0.2) is 48.5 Å². The molecule has 2 amide bonds. The van der Waals surface area contributed by atoms with Crippen LogP contribution in [0.25, 0.3) is 11.1 Å². The molecule has 2 aliphatic rings. The first-order chi connectivity index (χ1) is 15.9. The maximum Gasteiger partial charge on any atom is 0.407 e. The summed E-state index contributed by atoms with van der Waals surface area (Å²) in [7, 11) is 0. The van der Waals surface area contributed by atoms with E-state index in [9.17, 15) is 19.5 Å². The molecule has 1 saturated carbocycles. The summed E-state index contributed by atoms with van der Waals surface area (Å²) >= 11 is 0. The topological polar surface area (TPSA) is 105 Å². The van der Waals surface area contributed by atoms with E-state index in [0.717, 1.165) is 35.1 Å². The van der Waals surface area contributed by atoms with Gasteiger partial charge in [-0.05, 0) is 47.9 Å². The van der Waals surface area contributed by atoms with Crippen LogP contribution in [0.2, 0.25) is 0 Å². The van der Waals surface area contributed by atoms with Gasteiger partial charge in [0.25, 0.3) is 0 Å². The molecule has 7 nitrogen and oxygen atoms in total. The maximum absolute atomic E-state index is 12.7. The summed E-state index contributed by atoms with van der Waals surface area (Å²) < 4.78 is 5.54. The van der Waals surface area contributed by atoms with Gasteiger partial charge in [-0.15, -0.1) is 0 Å². The van der Waals surface area contributed by atoms with E-state index in [1.54, 1.807) is 0 Å². The quantitative estimate of drug-likeness (QED) is 0.534. The number of carbonyl (C=O) groups is 3. The van der Waals surface area contributed by atoms with E-state index < -0.39 is 23.5 Å². The first-order valence-corrected chi connectivity index (χ1v) is 11.6. The van der Waals surface area contributed by atoms with Crippen molar-refractivity contribution >= 4 is 18.0 Å². The minimum atomic E-state index is -1.16. The highest BCUT2D eigenvalue weighted by Gasteiger charge is 2.46. The van der Waals surface area contributed by atoms with E-state index in [2.05, 4.69) is 34.9 Å².